The van der Waals surface area contributed by atoms with E-state index in [1.807, 2.05) is 6.07 Å². The summed E-state index contributed by atoms with van der Waals surface area (Å²) >= 11 is 1.43. The minimum Gasteiger partial charge on any atom is -0.480 e. The first-order valence-electron chi connectivity index (χ1n) is 10.8. The lowest BCUT2D eigenvalue weighted by Gasteiger charge is -2.49. The molecule has 0 bridgehead atoms. The number of fused-ring (bicyclic) bond motifs is 1. The van der Waals surface area contributed by atoms with Gasteiger partial charge in [0.15, 0.2) is 0 Å². The fourth-order valence-corrected chi connectivity index (χ4v) is 4.75. The van der Waals surface area contributed by atoms with E-state index in [2.05, 4.69) is 5.32 Å². The van der Waals surface area contributed by atoms with Crippen molar-refractivity contribution in [3.05, 3.63) is 47.2 Å². The van der Waals surface area contributed by atoms with E-state index in [1.54, 1.807) is 31.2 Å². The van der Waals surface area contributed by atoms with E-state index in [0.29, 0.717) is 29.9 Å². The first-order valence-corrected chi connectivity index (χ1v) is 11.8. The van der Waals surface area contributed by atoms with Crippen molar-refractivity contribution in [1.29, 1.82) is 0 Å². The summed E-state index contributed by atoms with van der Waals surface area (Å²) in [6.45, 7) is 2.30. The molecule has 1 unspecified atom stereocenters. The van der Waals surface area contributed by atoms with Crippen LogP contribution in [0.4, 0.5) is 0 Å². The smallest absolute Gasteiger partial charge is 0.352 e. The quantitative estimate of drug-likeness (QED) is 0.200. The zero-order valence-electron chi connectivity index (χ0n) is 18.8. The number of amides is 2. The number of hydrogen-bond donors (Lipinski definition) is 6. The number of benzene rings is 1. The number of nitrogens with one attached hydrogen (secondary N) is 1. The summed E-state index contributed by atoms with van der Waals surface area (Å²) in [4.78, 5) is 47.3. The molecule has 1 aromatic carbocycles. The lowest BCUT2D eigenvalue weighted by atomic mass is 10.0. The summed E-state index contributed by atoms with van der Waals surface area (Å²) in [5.41, 5.74) is 17.7. The van der Waals surface area contributed by atoms with E-state index < -0.39 is 47.3 Å². The molecule has 2 heterocycles. The molecule has 0 aliphatic carbocycles. The Bertz CT molecular complexity index is 941. The molecule has 0 saturated carbocycles. The summed E-state index contributed by atoms with van der Waals surface area (Å²) in [5, 5.41) is 19.9. The van der Waals surface area contributed by atoms with Crippen molar-refractivity contribution < 1.29 is 29.4 Å². The van der Waals surface area contributed by atoms with Gasteiger partial charge in [-0.3, -0.25) is 19.3 Å². The number of unbranched alkanes of at least 4 members (excludes halogenated alkanes) is 1. The van der Waals surface area contributed by atoms with Crippen LogP contribution in [-0.4, -0.2) is 68.6 Å². The zero-order valence-corrected chi connectivity index (χ0v) is 19.7. The van der Waals surface area contributed by atoms with E-state index in [9.17, 15) is 24.3 Å². The van der Waals surface area contributed by atoms with Crippen LogP contribution in [0.2, 0.25) is 0 Å². The molecule has 12 heteroatoms. The Kier molecular flexibility index (Phi) is 10.1. The first-order chi connectivity index (χ1) is 16.1. The number of carbonyl (C=O) groups is 4. The number of thioether (sulfide) groups is 1. The van der Waals surface area contributed by atoms with Crippen molar-refractivity contribution in [2.24, 2.45) is 17.2 Å². The predicted octanol–water partition coefficient (Wildman–Crippen LogP) is -0.0278. The van der Waals surface area contributed by atoms with E-state index in [0.717, 1.165) is 12.8 Å². The second-order valence-electron chi connectivity index (χ2n) is 7.95. The molecule has 3 rings (SSSR count). The highest BCUT2D eigenvalue weighted by atomic mass is 32.2. The van der Waals surface area contributed by atoms with Gasteiger partial charge >= 0.3 is 11.9 Å². The predicted molar refractivity (Wildman–Crippen MR) is 127 cm³/mol. The van der Waals surface area contributed by atoms with Gasteiger partial charge in [0.2, 0.25) is 5.91 Å². The number of hydrogen-bond acceptors (Lipinski definition) is 8. The topological polar surface area (TPSA) is 202 Å². The van der Waals surface area contributed by atoms with Crippen molar-refractivity contribution >= 4 is 35.5 Å². The van der Waals surface area contributed by atoms with Crippen LogP contribution in [0, 0.1) is 0 Å². The zero-order chi connectivity index (χ0) is 25.4. The van der Waals surface area contributed by atoms with Crippen LogP contribution >= 0.6 is 11.8 Å². The third-order valence-corrected chi connectivity index (χ3v) is 6.81. The third kappa shape index (κ3) is 6.56. The molecule has 0 spiro atoms. The van der Waals surface area contributed by atoms with Gasteiger partial charge in [0.25, 0.3) is 5.91 Å². The normalized spacial score (nSPS) is 20.8. The highest BCUT2D eigenvalue weighted by Gasteiger charge is 2.53. The van der Waals surface area contributed by atoms with Crippen molar-refractivity contribution in [3.63, 3.8) is 0 Å². The van der Waals surface area contributed by atoms with Crippen LogP contribution in [-0.2, 0) is 19.2 Å². The van der Waals surface area contributed by atoms with Crippen molar-refractivity contribution in [1.82, 2.24) is 10.2 Å². The van der Waals surface area contributed by atoms with Gasteiger partial charge in [-0.15, -0.1) is 11.8 Å². The van der Waals surface area contributed by atoms with Crippen molar-refractivity contribution in [2.75, 3.05) is 12.3 Å². The van der Waals surface area contributed by atoms with E-state index in [-0.39, 0.29) is 5.70 Å². The molecular formula is C22H31N5O6S. The molecule has 186 valence electrons. The molecule has 2 aliphatic rings. The van der Waals surface area contributed by atoms with Gasteiger partial charge in [0.1, 0.15) is 29.2 Å². The molecule has 4 atom stereocenters. The first kappa shape index (κ1) is 27.3. The van der Waals surface area contributed by atoms with Crippen molar-refractivity contribution in [3.8, 4) is 0 Å². The Hall–Kier alpha value is -2.93. The highest BCUT2D eigenvalue weighted by molar-refractivity contribution is 8.00. The van der Waals surface area contributed by atoms with E-state index >= 15 is 0 Å². The molecule has 34 heavy (non-hydrogen) atoms. The maximum absolute atomic E-state index is 12.3. The molecule has 2 amide bonds. The molecule has 9 N–H and O–H groups in total. The van der Waals surface area contributed by atoms with E-state index in [4.69, 9.17) is 22.3 Å². The number of carbonyl (C=O) groups excluding carboxylic acids is 2. The Balaban J connectivity index is 0.000000347. The maximum Gasteiger partial charge on any atom is 0.352 e. The fourth-order valence-electron chi connectivity index (χ4n) is 3.46. The number of carboxylic acid groups (broad SMARTS) is 2. The number of β-lactam (4-membered cyclic amide) rings is 1. The minimum absolute atomic E-state index is 0.0154. The monoisotopic (exact) mass is 493 g/mol. The van der Waals surface area contributed by atoms with Crippen LogP contribution in [0.1, 0.15) is 37.8 Å². The average Bonchev–Trinajstić information content (AvgIpc) is 2.82. The molecule has 1 saturated heterocycles. The Morgan fingerprint density at radius 1 is 1.18 bits per heavy atom. The van der Waals surface area contributed by atoms with Gasteiger partial charge in [0, 0.05) is 5.75 Å². The number of nitrogens with zero attached hydrogens (tertiary/aromatic N) is 1. The van der Waals surface area contributed by atoms with Crippen LogP contribution in [0.3, 0.4) is 0 Å². The molecule has 1 fully saturated rings. The standard InChI is InChI=1S/C16H17N3O4S.C6H14N2O2/c1-8-7-24-15-11(14(21)19(15)12(8)16(22)23)18-13(20)10(17)9-5-3-2-4-6-9;7-4-2-1-3-5(8)6(9)10/h2-6,10-11,15H,7,17H2,1H3,(H,18,20)(H,22,23);5H,1-4,7-8H2,(H,9,10)/t10?,11-,15-;5-/m10/s1. The van der Waals surface area contributed by atoms with Gasteiger partial charge in [0.05, 0.1) is 0 Å². The second kappa shape index (κ2) is 12.5. The molecular weight excluding hydrogens is 462 g/mol. The summed E-state index contributed by atoms with van der Waals surface area (Å²) in [6.07, 6.45) is 2.16. The lowest BCUT2D eigenvalue weighted by Crippen LogP contribution is -2.71. The number of carboxylic acids is 2. The Morgan fingerprint density at radius 2 is 1.82 bits per heavy atom. The summed E-state index contributed by atoms with van der Waals surface area (Å²) in [6, 6.07) is 6.52. The molecule has 0 radical (unpaired) electrons. The fraction of sp³-hybridized carbons (Fsp3) is 0.455. The largest absolute Gasteiger partial charge is 0.480 e. The van der Waals surface area contributed by atoms with Gasteiger partial charge in [-0.05, 0) is 37.4 Å². The highest BCUT2D eigenvalue weighted by Crippen LogP contribution is 2.40. The van der Waals surface area contributed by atoms with Crippen LogP contribution in [0.15, 0.2) is 41.6 Å². The SMILES string of the molecule is CC1=C(C(=O)O)N2C(=O)[C@@H](NC(=O)C(N)c3ccccc3)[C@H]2SC1.NCCCC[C@H](N)C(=O)O. The Labute approximate surface area is 201 Å². The third-order valence-electron chi connectivity index (χ3n) is 5.39. The number of nitrogens with two attached hydrogens (primary N) is 3. The molecule has 0 aromatic heterocycles. The molecule has 2 aliphatic heterocycles. The van der Waals surface area contributed by atoms with Crippen LogP contribution in [0.5, 0.6) is 0 Å². The summed E-state index contributed by atoms with van der Waals surface area (Å²) in [5.74, 6) is -2.43. The molecule has 11 nitrogen and oxygen atoms in total. The maximum atomic E-state index is 12.3. The van der Waals surface area contributed by atoms with Gasteiger partial charge in [-0.2, -0.15) is 0 Å². The molecule has 1 aromatic rings. The summed E-state index contributed by atoms with van der Waals surface area (Å²) < 4.78 is 0. The second-order valence-corrected chi connectivity index (χ2v) is 9.05. The number of rotatable bonds is 9. The number of aliphatic carboxylic acids is 2. The van der Waals surface area contributed by atoms with E-state index in [1.165, 1.54) is 16.7 Å². The van der Waals surface area contributed by atoms with Gasteiger partial charge in [-0.25, -0.2) is 4.79 Å². The average molecular weight is 494 g/mol. The Morgan fingerprint density at radius 3 is 2.38 bits per heavy atom. The van der Waals surface area contributed by atoms with Crippen LogP contribution in [0.25, 0.3) is 0 Å². The van der Waals surface area contributed by atoms with Gasteiger partial charge < -0.3 is 32.7 Å². The van der Waals surface area contributed by atoms with Crippen LogP contribution < -0.4 is 22.5 Å². The lowest BCUT2D eigenvalue weighted by molar-refractivity contribution is -0.150. The summed E-state index contributed by atoms with van der Waals surface area (Å²) in [7, 11) is 0. The van der Waals surface area contributed by atoms with Gasteiger partial charge in [-0.1, -0.05) is 36.8 Å². The minimum atomic E-state index is -1.13. The van der Waals surface area contributed by atoms with Crippen molar-refractivity contribution in [2.45, 2.75) is 49.7 Å².